The van der Waals surface area contributed by atoms with E-state index < -0.39 is 27.9 Å². The van der Waals surface area contributed by atoms with E-state index in [1.807, 2.05) is 66.3 Å². The summed E-state index contributed by atoms with van der Waals surface area (Å²) >= 11 is 0. The predicted molar refractivity (Wildman–Crippen MR) is 127 cm³/mol. The third kappa shape index (κ3) is 8.84. The lowest BCUT2D eigenvalue weighted by molar-refractivity contribution is -0.688. The van der Waals surface area contributed by atoms with Crippen LogP contribution in [0.25, 0.3) is 0 Å². The zero-order valence-electron chi connectivity index (χ0n) is 19.2. The summed E-state index contributed by atoms with van der Waals surface area (Å²) in [5.74, 6) is -0.561. The van der Waals surface area contributed by atoms with Crippen LogP contribution < -0.4 is 15.0 Å². The molecule has 186 valence electrons. The topological polar surface area (TPSA) is 148 Å². The van der Waals surface area contributed by atoms with E-state index in [0.29, 0.717) is 29.7 Å². The number of nitrogens with zero attached hydrogens (tertiary/aromatic N) is 1. The van der Waals surface area contributed by atoms with Gasteiger partial charge in [0.25, 0.3) is 10.1 Å². The Hall–Kier alpha value is -3.76. The van der Waals surface area contributed by atoms with Gasteiger partial charge in [-0.1, -0.05) is 55.5 Å². The maximum absolute atomic E-state index is 12.5. The molecule has 9 nitrogen and oxygen atoms in total. The number of hydrogen-bond acceptors (Lipinski definition) is 6. The fourth-order valence-electron chi connectivity index (χ4n) is 3.45. The Morgan fingerprint density at radius 1 is 1.03 bits per heavy atom. The molecular formula is C25H28N2O7S. The van der Waals surface area contributed by atoms with Crippen molar-refractivity contribution < 1.29 is 37.3 Å². The lowest BCUT2D eigenvalue weighted by Gasteiger charge is -2.17. The number of nitrogens with one attached hydrogen (secondary N) is 1. The number of aromatic hydroxyl groups is 1. The van der Waals surface area contributed by atoms with Gasteiger partial charge in [0.05, 0.1) is 6.42 Å². The van der Waals surface area contributed by atoms with Crippen LogP contribution in [0.2, 0.25) is 0 Å². The van der Waals surface area contributed by atoms with Crippen molar-refractivity contribution in [2.75, 3.05) is 0 Å². The molecule has 0 spiro atoms. The first-order chi connectivity index (χ1) is 16.7. The monoisotopic (exact) mass is 500 g/mol. The average Bonchev–Trinajstić information content (AvgIpc) is 2.82. The number of phenolic OH excluding ortho intramolecular Hbond substituents is 1. The van der Waals surface area contributed by atoms with Crippen LogP contribution in [0.4, 0.5) is 0 Å². The minimum Gasteiger partial charge on any atom is -0.554 e. The van der Waals surface area contributed by atoms with Gasteiger partial charge in [0.1, 0.15) is 5.75 Å². The highest BCUT2D eigenvalue weighted by atomic mass is 32.2. The molecule has 0 bridgehead atoms. The molecule has 0 radical (unpaired) electrons. The summed E-state index contributed by atoms with van der Waals surface area (Å²) in [6.07, 6.45) is 4.22. The molecule has 0 fully saturated rings. The number of pyridine rings is 1. The van der Waals surface area contributed by atoms with Gasteiger partial charge < -0.3 is 20.3 Å². The van der Waals surface area contributed by atoms with E-state index in [9.17, 15) is 22.9 Å². The SMILES string of the molecule is CCc1cccc(CC(NC(=O)Cc2ccc(C[n+]3ccccc3)cc2)S(=O)(=O)O)c1O.O=C[O-]. The Morgan fingerprint density at radius 3 is 2.17 bits per heavy atom. The highest BCUT2D eigenvalue weighted by Crippen LogP contribution is 2.25. The van der Waals surface area contributed by atoms with E-state index in [1.165, 1.54) is 0 Å². The van der Waals surface area contributed by atoms with Crippen LogP contribution in [-0.4, -0.2) is 35.8 Å². The number of carbonyl (C=O) groups excluding carboxylic acids is 2. The highest BCUT2D eigenvalue weighted by Gasteiger charge is 2.27. The number of rotatable bonds is 9. The van der Waals surface area contributed by atoms with Gasteiger partial charge in [0, 0.05) is 30.6 Å². The van der Waals surface area contributed by atoms with Gasteiger partial charge in [0.2, 0.25) is 5.91 Å². The summed E-state index contributed by atoms with van der Waals surface area (Å²) in [5, 5.41) is 19.4. The van der Waals surface area contributed by atoms with Crippen LogP contribution in [0.15, 0.2) is 73.1 Å². The second kappa shape index (κ2) is 13.2. The number of carboxylic acid groups (broad SMARTS) is 1. The van der Waals surface area contributed by atoms with Crippen molar-refractivity contribution in [2.24, 2.45) is 0 Å². The predicted octanol–water partition coefficient (Wildman–Crippen LogP) is 0.772. The number of hydrogen-bond donors (Lipinski definition) is 3. The molecule has 2 aromatic carbocycles. The number of benzene rings is 2. The van der Waals surface area contributed by atoms with Crippen LogP contribution in [0.1, 0.15) is 29.2 Å². The molecular weight excluding hydrogens is 472 g/mol. The summed E-state index contributed by atoms with van der Waals surface area (Å²) in [7, 11) is -4.57. The lowest BCUT2D eigenvalue weighted by atomic mass is 10.0. The Kier molecular flexibility index (Phi) is 10.4. The summed E-state index contributed by atoms with van der Waals surface area (Å²) in [6.45, 7) is 2.06. The minimum atomic E-state index is -4.57. The summed E-state index contributed by atoms with van der Waals surface area (Å²) < 4.78 is 35.4. The number of para-hydroxylation sites is 1. The summed E-state index contributed by atoms with van der Waals surface area (Å²) in [6, 6.07) is 18.3. The van der Waals surface area contributed by atoms with Crippen molar-refractivity contribution in [3.05, 3.63) is 95.3 Å². The molecule has 0 aliphatic carbocycles. The van der Waals surface area contributed by atoms with Gasteiger partial charge in [-0.2, -0.15) is 8.42 Å². The number of amides is 1. The highest BCUT2D eigenvalue weighted by molar-refractivity contribution is 7.86. The zero-order valence-corrected chi connectivity index (χ0v) is 20.0. The molecule has 0 aliphatic heterocycles. The van der Waals surface area contributed by atoms with E-state index in [0.717, 1.165) is 5.56 Å². The van der Waals surface area contributed by atoms with Gasteiger partial charge in [-0.25, -0.2) is 4.57 Å². The first-order valence-corrected chi connectivity index (χ1v) is 12.3. The van der Waals surface area contributed by atoms with Crippen molar-refractivity contribution in [1.29, 1.82) is 0 Å². The van der Waals surface area contributed by atoms with Crippen molar-refractivity contribution in [1.82, 2.24) is 5.32 Å². The van der Waals surface area contributed by atoms with Crippen molar-refractivity contribution in [2.45, 2.75) is 38.1 Å². The Morgan fingerprint density at radius 2 is 1.60 bits per heavy atom. The maximum Gasteiger partial charge on any atom is 0.286 e. The van der Waals surface area contributed by atoms with E-state index >= 15 is 0 Å². The molecule has 35 heavy (non-hydrogen) atoms. The largest absolute Gasteiger partial charge is 0.554 e. The first-order valence-electron chi connectivity index (χ1n) is 10.8. The lowest BCUT2D eigenvalue weighted by Crippen LogP contribution is -2.42. The number of aromatic nitrogens is 1. The first kappa shape index (κ1) is 27.5. The minimum absolute atomic E-state index is 0.0234. The molecule has 0 aliphatic rings. The molecule has 1 amide bonds. The number of carbonyl (C=O) groups is 2. The van der Waals surface area contributed by atoms with Gasteiger partial charge in [-0.15, -0.1) is 0 Å². The van der Waals surface area contributed by atoms with Crippen LogP contribution in [0.5, 0.6) is 5.75 Å². The van der Waals surface area contributed by atoms with Gasteiger partial charge in [-0.3, -0.25) is 9.35 Å². The van der Waals surface area contributed by atoms with Crippen molar-refractivity contribution >= 4 is 22.5 Å². The van der Waals surface area contributed by atoms with Crippen LogP contribution in [0.3, 0.4) is 0 Å². The molecule has 1 atom stereocenters. The maximum atomic E-state index is 12.5. The fourth-order valence-corrected chi connectivity index (χ4v) is 4.12. The molecule has 10 heteroatoms. The average molecular weight is 501 g/mol. The van der Waals surface area contributed by atoms with Crippen LogP contribution in [0, 0.1) is 0 Å². The number of phenols is 1. The standard InChI is InChI=1S/C24H26N2O5S.CH2O2/c1-2-20-7-6-8-21(24(20)28)16-23(32(29,30)31)25-22(27)15-18-9-11-19(12-10-18)17-26-13-4-3-5-14-26;2-1-3/h3-14,23H,2,15-17H2,1H3,(H2-,25,27,28,29,30,31);1H,(H,2,3). The van der Waals surface area contributed by atoms with Crippen LogP contribution >= 0.6 is 0 Å². The quantitative estimate of drug-likeness (QED) is 0.223. The third-order valence-electron chi connectivity index (χ3n) is 5.20. The summed E-state index contributed by atoms with van der Waals surface area (Å²) in [5.41, 5.74) is 2.79. The molecule has 1 aromatic heterocycles. The van der Waals surface area contributed by atoms with Crippen molar-refractivity contribution in [3.8, 4) is 5.75 Å². The van der Waals surface area contributed by atoms with E-state index in [-0.39, 0.29) is 18.6 Å². The van der Waals surface area contributed by atoms with Gasteiger partial charge >= 0.3 is 0 Å². The molecule has 1 heterocycles. The molecule has 0 saturated carbocycles. The smallest absolute Gasteiger partial charge is 0.286 e. The fraction of sp³-hybridized carbons (Fsp3) is 0.240. The third-order valence-corrected chi connectivity index (χ3v) is 6.20. The molecule has 3 rings (SSSR count). The molecule has 1 unspecified atom stereocenters. The molecule has 3 N–H and O–H groups in total. The Labute approximate surface area is 204 Å². The second-order valence-electron chi connectivity index (χ2n) is 7.69. The summed E-state index contributed by atoms with van der Waals surface area (Å²) in [4.78, 5) is 20.7. The Bertz CT molecular complexity index is 1210. The van der Waals surface area contributed by atoms with E-state index in [1.54, 1.807) is 18.2 Å². The normalized spacial score (nSPS) is 11.6. The van der Waals surface area contributed by atoms with Gasteiger partial charge in [0.15, 0.2) is 24.3 Å². The molecule has 3 aromatic rings. The second-order valence-corrected chi connectivity index (χ2v) is 9.29. The molecule has 0 saturated heterocycles. The van der Waals surface area contributed by atoms with Crippen LogP contribution in [-0.2, 0) is 45.5 Å². The van der Waals surface area contributed by atoms with E-state index in [2.05, 4.69) is 5.32 Å². The zero-order chi connectivity index (χ0) is 25.8. The van der Waals surface area contributed by atoms with E-state index in [4.69, 9.17) is 9.90 Å². The van der Waals surface area contributed by atoms with Crippen molar-refractivity contribution in [3.63, 3.8) is 0 Å². The van der Waals surface area contributed by atoms with Gasteiger partial charge in [-0.05, 0) is 23.1 Å². The number of aryl methyl sites for hydroxylation is 1. The Balaban J connectivity index is 0.00000137.